The van der Waals surface area contributed by atoms with Gasteiger partial charge in [0, 0.05) is 43.9 Å². The summed E-state index contributed by atoms with van der Waals surface area (Å²) in [6, 6.07) is 60.7. The minimum absolute atomic E-state index is 0.889. The van der Waals surface area contributed by atoms with Crippen molar-refractivity contribution in [3.8, 4) is 33.8 Å². The average Bonchev–Trinajstić information content (AvgIpc) is 3.81. The molecule has 10 rings (SSSR count). The molecule has 10 aromatic rings. The number of hydrogen-bond acceptors (Lipinski definition) is 1. The monoisotopic (exact) mass is 600 g/mol. The Kier molecular flexibility index (Phi) is 5.57. The Hall–Kier alpha value is -6.32. The quantitative estimate of drug-likeness (QED) is 0.197. The van der Waals surface area contributed by atoms with Crippen LogP contribution in [0.3, 0.4) is 0 Å². The van der Waals surface area contributed by atoms with Crippen molar-refractivity contribution in [1.29, 1.82) is 0 Å². The summed E-state index contributed by atoms with van der Waals surface area (Å²) < 4.78 is 11.2. The van der Waals surface area contributed by atoms with E-state index in [2.05, 4.69) is 179 Å². The van der Waals surface area contributed by atoms with Gasteiger partial charge in [0.25, 0.3) is 0 Å². The first-order valence-corrected chi connectivity index (χ1v) is 16.0. The van der Waals surface area contributed by atoms with Gasteiger partial charge in [0.1, 0.15) is 11.2 Å². The van der Waals surface area contributed by atoms with Crippen LogP contribution in [0.2, 0.25) is 0 Å². The van der Waals surface area contributed by atoms with E-state index in [0.29, 0.717) is 0 Å². The first-order valence-electron chi connectivity index (χ1n) is 16.0. The summed E-state index contributed by atoms with van der Waals surface area (Å²) in [4.78, 5) is 0. The van der Waals surface area contributed by atoms with Crippen molar-refractivity contribution < 1.29 is 4.42 Å². The zero-order valence-electron chi connectivity index (χ0n) is 25.5. The molecule has 3 heterocycles. The molecule has 0 unspecified atom stereocenters. The molecule has 0 aliphatic carbocycles. The molecular formula is C44H28N2O. The predicted molar refractivity (Wildman–Crippen MR) is 196 cm³/mol. The number of rotatable bonds is 4. The van der Waals surface area contributed by atoms with Crippen LogP contribution < -0.4 is 0 Å². The van der Waals surface area contributed by atoms with Gasteiger partial charge in [-0.2, -0.15) is 0 Å². The minimum Gasteiger partial charge on any atom is -0.456 e. The molecule has 3 nitrogen and oxygen atoms in total. The van der Waals surface area contributed by atoms with Crippen LogP contribution in [0.5, 0.6) is 0 Å². The third-order valence-corrected chi connectivity index (χ3v) is 9.52. The van der Waals surface area contributed by atoms with E-state index < -0.39 is 0 Å². The van der Waals surface area contributed by atoms with Gasteiger partial charge in [0.15, 0.2) is 0 Å². The number of furan rings is 1. The first kappa shape index (κ1) is 26.0. The lowest BCUT2D eigenvalue weighted by atomic mass is 9.98. The highest BCUT2D eigenvalue weighted by Crippen LogP contribution is 2.42. The lowest BCUT2D eigenvalue weighted by molar-refractivity contribution is 0.669. The summed E-state index contributed by atoms with van der Waals surface area (Å²) in [6.07, 6.45) is 0. The molecular weight excluding hydrogens is 572 g/mol. The van der Waals surface area contributed by atoms with E-state index >= 15 is 0 Å². The summed E-state index contributed by atoms with van der Waals surface area (Å²) in [5.41, 5.74) is 12.3. The molecule has 0 N–H and O–H groups in total. The van der Waals surface area contributed by atoms with Crippen LogP contribution in [0.15, 0.2) is 174 Å². The summed E-state index contributed by atoms with van der Waals surface area (Å²) in [7, 11) is 0. The number of fused-ring (bicyclic) bond motifs is 7. The predicted octanol–water partition coefficient (Wildman–Crippen LogP) is 12.0. The molecule has 0 atom stereocenters. The number of para-hydroxylation sites is 4. The molecule has 0 spiro atoms. The Morgan fingerprint density at radius 1 is 0.383 bits per heavy atom. The van der Waals surface area contributed by atoms with Gasteiger partial charge in [-0.1, -0.05) is 97.1 Å². The Labute approximate surface area is 271 Å². The summed E-state index contributed by atoms with van der Waals surface area (Å²) in [5, 5.41) is 5.95. The Morgan fingerprint density at radius 2 is 1.02 bits per heavy atom. The fraction of sp³-hybridized carbons (Fsp3) is 0. The first-order chi connectivity index (χ1) is 23.3. The van der Waals surface area contributed by atoms with Crippen molar-refractivity contribution in [2.75, 3.05) is 0 Å². The van der Waals surface area contributed by atoms with Crippen molar-refractivity contribution in [1.82, 2.24) is 9.13 Å². The molecule has 47 heavy (non-hydrogen) atoms. The summed E-state index contributed by atoms with van der Waals surface area (Å²) in [5.74, 6) is 0. The van der Waals surface area contributed by atoms with Crippen LogP contribution in [0.25, 0.3) is 88.4 Å². The fourth-order valence-corrected chi connectivity index (χ4v) is 7.44. The van der Waals surface area contributed by atoms with E-state index in [9.17, 15) is 0 Å². The lowest BCUT2D eigenvalue weighted by Crippen LogP contribution is -1.96. The van der Waals surface area contributed by atoms with Crippen LogP contribution in [0, 0.1) is 0 Å². The maximum Gasteiger partial charge on any atom is 0.136 e. The van der Waals surface area contributed by atoms with Crippen molar-refractivity contribution in [2.45, 2.75) is 0 Å². The van der Waals surface area contributed by atoms with E-state index in [4.69, 9.17) is 4.42 Å². The molecule has 220 valence electrons. The number of aromatic nitrogens is 2. The molecule has 7 aromatic carbocycles. The van der Waals surface area contributed by atoms with E-state index in [1.807, 2.05) is 0 Å². The standard InChI is InChI=1S/C44H28N2O/c1-3-13-32(14-4-1)45-38-19-9-7-12-31(38)28-41(45)35-18-11-21-43-44(35)37-27-30(23-25-42(37)47-43)29-22-24-40-36(26-29)34-17-8-10-20-39(34)46(40)33-15-5-2-6-16-33/h1-28H. The van der Waals surface area contributed by atoms with Crippen molar-refractivity contribution in [3.05, 3.63) is 170 Å². The number of nitrogens with zero attached hydrogens (tertiary/aromatic N) is 2. The van der Waals surface area contributed by atoms with Gasteiger partial charge in [0.2, 0.25) is 0 Å². The molecule has 0 bridgehead atoms. The van der Waals surface area contributed by atoms with Crippen molar-refractivity contribution in [2.24, 2.45) is 0 Å². The normalized spacial score (nSPS) is 11.8. The number of benzene rings is 7. The van der Waals surface area contributed by atoms with Gasteiger partial charge in [-0.3, -0.25) is 0 Å². The number of hydrogen-bond donors (Lipinski definition) is 0. The van der Waals surface area contributed by atoms with Gasteiger partial charge in [-0.25, -0.2) is 0 Å². The summed E-state index contributed by atoms with van der Waals surface area (Å²) in [6.45, 7) is 0. The molecule has 0 amide bonds. The third kappa shape index (κ3) is 3.93. The highest BCUT2D eigenvalue weighted by molar-refractivity contribution is 6.15. The highest BCUT2D eigenvalue weighted by atomic mass is 16.3. The molecule has 3 aromatic heterocycles. The Morgan fingerprint density at radius 3 is 1.83 bits per heavy atom. The molecule has 0 radical (unpaired) electrons. The third-order valence-electron chi connectivity index (χ3n) is 9.52. The van der Waals surface area contributed by atoms with E-state index in [1.165, 1.54) is 38.3 Å². The maximum absolute atomic E-state index is 6.49. The maximum atomic E-state index is 6.49. The molecule has 0 aliphatic heterocycles. The van der Waals surface area contributed by atoms with Gasteiger partial charge < -0.3 is 13.6 Å². The Bertz CT molecular complexity index is 2780. The smallest absolute Gasteiger partial charge is 0.136 e. The lowest BCUT2D eigenvalue weighted by Gasteiger charge is -2.12. The summed E-state index contributed by atoms with van der Waals surface area (Å²) >= 11 is 0. The Balaban J connectivity index is 1.20. The van der Waals surface area contributed by atoms with Crippen LogP contribution in [0.1, 0.15) is 0 Å². The second kappa shape index (κ2) is 10.1. The molecule has 0 fully saturated rings. The zero-order valence-corrected chi connectivity index (χ0v) is 25.5. The van der Waals surface area contributed by atoms with E-state index in [-0.39, 0.29) is 0 Å². The van der Waals surface area contributed by atoms with Crippen LogP contribution >= 0.6 is 0 Å². The second-order valence-electron chi connectivity index (χ2n) is 12.2. The minimum atomic E-state index is 0.889. The van der Waals surface area contributed by atoms with Crippen LogP contribution in [-0.2, 0) is 0 Å². The van der Waals surface area contributed by atoms with E-state index in [1.54, 1.807) is 0 Å². The SMILES string of the molecule is c1ccc(-n2c(-c3cccc4oc5ccc(-c6ccc7c(c6)c6ccccc6n7-c6ccccc6)cc5c34)cc3ccccc32)cc1. The van der Waals surface area contributed by atoms with Crippen molar-refractivity contribution >= 4 is 54.6 Å². The molecule has 0 aliphatic rings. The van der Waals surface area contributed by atoms with Crippen LogP contribution in [-0.4, -0.2) is 9.13 Å². The topological polar surface area (TPSA) is 23.0 Å². The molecule has 3 heteroatoms. The van der Waals surface area contributed by atoms with E-state index in [0.717, 1.165) is 50.1 Å². The second-order valence-corrected chi connectivity index (χ2v) is 12.2. The van der Waals surface area contributed by atoms with Gasteiger partial charge >= 0.3 is 0 Å². The van der Waals surface area contributed by atoms with Gasteiger partial charge in [-0.05, 0) is 83.9 Å². The largest absolute Gasteiger partial charge is 0.456 e. The average molecular weight is 601 g/mol. The highest BCUT2D eigenvalue weighted by Gasteiger charge is 2.19. The zero-order chi connectivity index (χ0) is 30.9. The van der Waals surface area contributed by atoms with Gasteiger partial charge in [0.05, 0.1) is 22.2 Å². The van der Waals surface area contributed by atoms with Crippen molar-refractivity contribution in [3.63, 3.8) is 0 Å². The van der Waals surface area contributed by atoms with Gasteiger partial charge in [-0.15, -0.1) is 0 Å². The molecule has 0 saturated heterocycles. The fourth-order valence-electron chi connectivity index (χ4n) is 7.44. The molecule has 0 saturated carbocycles. The van der Waals surface area contributed by atoms with Crippen LogP contribution in [0.4, 0.5) is 0 Å².